The third-order valence-corrected chi connectivity index (χ3v) is 12.8. The number of ether oxygens (including phenoxy) is 2. The summed E-state index contributed by atoms with van der Waals surface area (Å²) < 4.78 is 10.9. The number of hydrogen-bond donors (Lipinski definition) is 5. The van der Waals surface area contributed by atoms with E-state index in [0.717, 1.165) is 46.9 Å². The number of aromatic nitrogens is 2. The molecule has 6 rings (SSSR count). The molecule has 74 heavy (non-hydrogen) atoms. The van der Waals surface area contributed by atoms with Crippen LogP contribution in [0.1, 0.15) is 55.3 Å². The van der Waals surface area contributed by atoms with Gasteiger partial charge in [-0.3, -0.25) is 19.4 Å². The minimum atomic E-state index is -0.184. The van der Waals surface area contributed by atoms with E-state index in [1.165, 1.54) is 0 Å². The van der Waals surface area contributed by atoms with E-state index < -0.39 is 0 Å². The topological polar surface area (TPSA) is 265 Å². The number of hydrogen-bond acceptors (Lipinski definition) is 20. The van der Waals surface area contributed by atoms with Crippen molar-refractivity contribution in [3.8, 4) is 0 Å². The number of nitrogens with zero attached hydrogens (tertiary/aromatic N) is 2. The lowest BCUT2D eigenvalue weighted by Gasteiger charge is -2.16. The second-order valence-corrected chi connectivity index (χ2v) is 18.2. The van der Waals surface area contributed by atoms with Crippen LogP contribution in [-0.2, 0) is 67.9 Å². The van der Waals surface area contributed by atoms with Crippen LogP contribution in [0.5, 0.6) is 0 Å². The standard InChI is InChI=1S/C49H66ClN7O16S/c50-36-5-3-6-37(32-36)54-48-39-12-15-51-33-40(39)38-11-10-35(31-41(38)55-48)43(58)7-4-14-52-46(60)13-17-62-19-21-64-66-23-25-68-70-27-29-72-73-30-28-71-69-26-24-67-65-22-20-63-18-16-53-45(59)9-2-1-8-44-47-42(34-74-44)56-49(61)57-47/h3,5-6,10-12,15,31-33,42,44,47H,1-2,4,7-9,13-14,16-30,34H2,(H,52,60)(H,53,59)(H,54,55)(H2,56,57,61). The van der Waals surface area contributed by atoms with Crippen molar-refractivity contribution in [1.82, 2.24) is 31.2 Å². The van der Waals surface area contributed by atoms with Gasteiger partial charge in [-0.2, -0.15) is 11.8 Å². The number of anilines is 2. The van der Waals surface area contributed by atoms with Gasteiger partial charge in [0.25, 0.3) is 0 Å². The van der Waals surface area contributed by atoms with E-state index >= 15 is 0 Å². The molecule has 0 aliphatic carbocycles. The Morgan fingerprint density at radius 1 is 0.635 bits per heavy atom. The average Bonchev–Trinajstić information content (AvgIpc) is 3.97. The maximum Gasteiger partial charge on any atom is 0.315 e. The number of thioether (sulfide) groups is 1. The van der Waals surface area contributed by atoms with Crippen molar-refractivity contribution >= 4 is 80.2 Å². The lowest BCUT2D eigenvalue weighted by Crippen LogP contribution is -2.36. The first-order valence-electron chi connectivity index (χ1n) is 24.7. The number of carbonyl (C=O) groups excluding carboxylic acids is 4. The monoisotopic (exact) mass is 1080 g/mol. The van der Waals surface area contributed by atoms with Gasteiger partial charge in [0.15, 0.2) is 5.78 Å². The Bertz CT molecular complexity index is 2330. The number of halogens is 1. The highest BCUT2D eigenvalue weighted by molar-refractivity contribution is 8.00. The number of nitrogens with one attached hydrogen (secondary N) is 5. The van der Waals surface area contributed by atoms with Gasteiger partial charge in [-0.1, -0.05) is 36.2 Å². The quantitative estimate of drug-likeness (QED) is 0.00947. The Morgan fingerprint density at radius 3 is 1.95 bits per heavy atom. The molecule has 4 heterocycles. The number of pyridine rings is 2. The summed E-state index contributed by atoms with van der Waals surface area (Å²) >= 11 is 8.07. The zero-order chi connectivity index (χ0) is 51.8. The molecule has 3 atom stereocenters. The molecule has 406 valence electrons. The van der Waals surface area contributed by atoms with Gasteiger partial charge >= 0.3 is 6.03 Å². The second-order valence-electron chi connectivity index (χ2n) is 16.5. The Balaban J connectivity index is 0.628. The molecule has 4 amide bonds. The first-order chi connectivity index (χ1) is 36.3. The highest BCUT2D eigenvalue weighted by Crippen LogP contribution is 2.34. The van der Waals surface area contributed by atoms with Crippen LogP contribution < -0.4 is 26.6 Å². The van der Waals surface area contributed by atoms with E-state index in [1.54, 1.807) is 30.6 Å². The normalized spacial score (nSPS) is 16.1. The van der Waals surface area contributed by atoms with Gasteiger partial charge in [0.1, 0.15) is 71.9 Å². The van der Waals surface area contributed by atoms with Crippen molar-refractivity contribution in [2.75, 3.05) is 117 Å². The van der Waals surface area contributed by atoms with Crippen LogP contribution in [0.15, 0.2) is 60.9 Å². The molecule has 2 aliphatic rings. The molecular weight excluding hydrogens is 1010 g/mol. The molecule has 3 unspecified atom stereocenters. The molecule has 0 saturated carbocycles. The molecule has 2 saturated heterocycles. The average molecular weight is 1080 g/mol. The Kier molecular flexibility index (Phi) is 27.3. The highest BCUT2D eigenvalue weighted by atomic mass is 35.5. The number of unbranched alkanes of at least 4 members (excludes halogenated alkanes) is 1. The number of rotatable bonds is 41. The molecule has 2 aromatic heterocycles. The third-order valence-electron chi connectivity index (χ3n) is 11.1. The van der Waals surface area contributed by atoms with E-state index in [9.17, 15) is 19.2 Å². The SMILES string of the molecule is O=C(CCCCC1SCC2NC(=O)NC21)NCCOCCOOCCOOCCOOCCOOCCOOCCOCCC(=O)NCCCC(=O)c1ccc2c(c1)nc(Nc1cccc(Cl)c1)c1ccncc12. The van der Waals surface area contributed by atoms with Crippen molar-refractivity contribution in [3.05, 3.63) is 71.5 Å². The van der Waals surface area contributed by atoms with Crippen molar-refractivity contribution in [2.45, 2.75) is 62.3 Å². The van der Waals surface area contributed by atoms with Crippen LogP contribution in [0.25, 0.3) is 21.7 Å². The van der Waals surface area contributed by atoms with Crippen LogP contribution in [0.2, 0.25) is 5.02 Å². The Morgan fingerprint density at radius 2 is 1.27 bits per heavy atom. The summed E-state index contributed by atoms with van der Waals surface area (Å²) in [5.41, 5.74) is 1.98. The van der Waals surface area contributed by atoms with E-state index in [2.05, 4.69) is 31.6 Å². The number of amides is 4. The maximum atomic E-state index is 13.1. The molecule has 23 nitrogen and oxygen atoms in total. The van der Waals surface area contributed by atoms with Gasteiger partial charge in [-0.15, -0.1) is 0 Å². The second kappa shape index (κ2) is 34.6. The summed E-state index contributed by atoms with van der Waals surface area (Å²) in [6.07, 6.45) is 7.58. The fraction of sp³-hybridized carbons (Fsp3) is 0.551. The number of urea groups is 1. The summed E-state index contributed by atoms with van der Waals surface area (Å²) in [7, 11) is 0. The van der Waals surface area contributed by atoms with E-state index in [-0.39, 0.29) is 128 Å². The van der Waals surface area contributed by atoms with E-state index in [4.69, 9.17) is 74.9 Å². The highest BCUT2D eigenvalue weighted by Gasteiger charge is 2.42. The Labute approximate surface area is 437 Å². The zero-order valence-corrected chi connectivity index (χ0v) is 42.8. The first-order valence-corrected chi connectivity index (χ1v) is 26.1. The van der Waals surface area contributed by atoms with Gasteiger partial charge < -0.3 is 36.1 Å². The zero-order valence-electron chi connectivity index (χ0n) is 41.2. The summed E-state index contributed by atoms with van der Waals surface area (Å²) in [6, 6.07) is 15.1. The lowest BCUT2D eigenvalue weighted by molar-refractivity contribution is -0.372. The van der Waals surface area contributed by atoms with Crippen LogP contribution in [0.4, 0.5) is 16.3 Å². The molecule has 2 fully saturated rings. The number of fused-ring (bicyclic) bond motifs is 4. The summed E-state index contributed by atoms with van der Waals surface area (Å²) in [6.45, 7) is 3.13. The summed E-state index contributed by atoms with van der Waals surface area (Å²) in [5, 5.41) is 18.6. The van der Waals surface area contributed by atoms with Crippen molar-refractivity contribution in [1.29, 1.82) is 0 Å². The van der Waals surface area contributed by atoms with Gasteiger partial charge in [0, 0.05) is 88.2 Å². The van der Waals surface area contributed by atoms with Crippen LogP contribution in [0.3, 0.4) is 0 Å². The molecule has 2 aromatic carbocycles. The molecule has 0 radical (unpaired) electrons. The number of Topliss-reactive ketones (excluding diaryl/α,β-unsaturated/α-hetero) is 1. The van der Waals surface area contributed by atoms with Crippen molar-refractivity contribution in [3.63, 3.8) is 0 Å². The van der Waals surface area contributed by atoms with Gasteiger partial charge in [-0.25, -0.2) is 58.7 Å². The van der Waals surface area contributed by atoms with Crippen molar-refractivity contribution < 1.29 is 77.5 Å². The molecule has 4 aromatic rings. The molecule has 2 aliphatic heterocycles. The van der Waals surface area contributed by atoms with Crippen LogP contribution >= 0.6 is 23.4 Å². The molecule has 0 bridgehead atoms. The van der Waals surface area contributed by atoms with Gasteiger partial charge in [0.05, 0.1) is 44.0 Å². The number of benzene rings is 2. The largest absolute Gasteiger partial charge is 0.378 e. The Hall–Kier alpha value is -4.90. The summed E-state index contributed by atoms with van der Waals surface area (Å²) in [5.74, 6) is 1.33. The smallest absolute Gasteiger partial charge is 0.315 e. The number of carbonyl (C=O) groups is 4. The van der Waals surface area contributed by atoms with E-state index in [1.807, 2.05) is 42.1 Å². The van der Waals surface area contributed by atoms with Crippen LogP contribution in [0, 0.1) is 0 Å². The summed E-state index contributed by atoms with van der Waals surface area (Å²) in [4.78, 5) is 108. The molecular formula is C49H66ClN7O16S. The van der Waals surface area contributed by atoms with E-state index in [0.29, 0.717) is 66.3 Å². The number of ketones is 1. The third kappa shape index (κ3) is 21.8. The fourth-order valence-electron chi connectivity index (χ4n) is 7.57. The predicted molar refractivity (Wildman–Crippen MR) is 271 cm³/mol. The molecule has 0 spiro atoms. The van der Waals surface area contributed by atoms with Gasteiger partial charge in [0.2, 0.25) is 11.8 Å². The van der Waals surface area contributed by atoms with Gasteiger partial charge in [-0.05, 0) is 49.6 Å². The first kappa shape index (κ1) is 58.4. The minimum Gasteiger partial charge on any atom is -0.378 e. The minimum absolute atomic E-state index is 0.00325. The fourth-order valence-corrected chi connectivity index (χ4v) is 9.30. The molecule has 5 N–H and O–H groups in total. The molecule has 25 heteroatoms. The van der Waals surface area contributed by atoms with Crippen LogP contribution in [-0.4, -0.2) is 162 Å². The lowest BCUT2D eigenvalue weighted by atomic mass is 10.0. The van der Waals surface area contributed by atoms with Crippen molar-refractivity contribution in [2.24, 2.45) is 0 Å². The maximum absolute atomic E-state index is 13.1. The predicted octanol–water partition coefficient (Wildman–Crippen LogP) is 5.27.